The van der Waals surface area contributed by atoms with Gasteiger partial charge in [0.1, 0.15) is 28.9 Å². The van der Waals surface area contributed by atoms with E-state index < -0.39 is 87.0 Å². The van der Waals surface area contributed by atoms with Crippen LogP contribution >= 0.6 is 0 Å². The van der Waals surface area contributed by atoms with E-state index in [1.54, 1.807) is 13.0 Å². The lowest BCUT2D eigenvalue weighted by atomic mass is 9.53. The number of esters is 1. The molecule has 234 valence electrons. The molecule has 12 heteroatoms. The fraction of sp³-hybridized carbons (Fsp3) is 0.548. The Morgan fingerprint density at radius 1 is 1.14 bits per heavy atom. The van der Waals surface area contributed by atoms with E-state index in [-0.39, 0.29) is 24.3 Å². The summed E-state index contributed by atoms with van der Waals surface area (Å²) >= 11 is 0. The number of Topliss-reactive ketones (excluding diaryl/α,β-unsaturated/α-hetero) is 2. The molecular formula is C31H40N2O10. The van der Waals surface area contributed by atoms with Gasteiger partial charge in [-0.1, -0.05) is 34.6 Å². The number of carbonyl (C=O) groups is 4. The SMILES string of the molecule is CCC(=O)OC1C2C(=C(O)c3c(O)c(C(C)(C)C)cc(COC)c3C2C)C(=O)C2(O)C(O)=C(C(N)=O)C(=O)C(N(C)C)C12. The molecule has 0 radical (unpaired) electrons. The number of likely N-dealkylation sites (N-methyl/N-ethyl adjacent to an activating group) is 1. The molecule has 43 heavy (non-hydrogen) atoms. The monoisotopic (exact) mass is 600 g/mol. The number of rotatable bonds is 6. The summed E-state index contributed by atoms with van der Waals surface area (Å²) in [5, 5.41) is 46.8. The molecule has 1 amide bonds. The first kappa shape index (κ1) is 32.2. The zero-order valence-corrected chi connectivity index (χ0v) is 25.6. The van der Waals surface area contributed by atoms with Crippen LogP contribution in [0, 0.1) is 11.8 Å². The molecule has 1 aromatic carbocycles. The minimum atomic E-state index is -2.99. The smallest absolute Gasteiger partial charge is 0.305 e. The second-order valence-corrected chi connectivity index (χ2v) is 12.8. The first-order valence-corrected chi connectivity index (χ1v) is 14.1. The number of methoxy groups -OCH3 is 1. The highest BCUT2D eigenvalue weighted by Crippen LogP contribution is 2.58. The number of aromatic hydroxyl groups is 1. The van der Waals surface area contributed by atoms with Crippen LogP contribution in [0.2, 0.25) is 0 Å². The number of ketones is 2. The molecule has 12 nitrogen and oxygen atoms in total. The van der Waals surface area contributed by atoms with Gasteiger partial charge in [-0.25, -0.2) is 0 Å². The Labute approximate surface area is 249 Å². The van der Waals surface area contributed by atoms with Gasteiger partial charge >= 0.3 is 5.97 Å². The maximum atomic E-state index is 14.4. The van der Waals surface area contributed by atoms with E-state index in [1.807, 2.05) is 20.8 Å². The van der Waals surface area contributed by atoms with Crippen LogP contribution < -0.4 is 5.73 Å². The molecule has 0 heterocycles. The number of primary amides is 1. The van der Waals surface area contributed by atoms with E-state index in [4.69, 9.17) is 15.2 Å². The predicted molar refractivity (Wildman–Crippen MR) is 154 cm³/mol. The standard InChI is InChI=1S/C31H40N2O10/c1-9-15(34)43-26-17-12(2)16-13(11-42-8)10-14(30(3,4)5)23(35)18(16)24(36)19(17)27(38)31(41)21(26)22(33(6)7)25(37)20(28(31)39)29(32)40/h10,12,17,21-22,26,35-36,39,41H,9,11H2,1-8H3,(H2,32,40). The zero-order valence-electron chi connectivity index (χ0n) is 25.6. The van der Waals surface area contributed by atoms with Crippen molar-refractivity contribution in [1.29, 1.82) is 0 Å². The van der Waals surface area contributed by atoms with Gasteiger partial charge in [-0.3, -0.25) is 24.1 Å². The Hall–Kier alpha value is -3.74. The topological polar surface area (TPSA) is 197 Å². The number of nitrogens with two attached hydrogens (primary N) is 1. The maximum absolute atomic E-state index is 14.4. The van der Waals surface area contributed by atoms with Gasteiger partial charge in [0.05, 0.1) is 24.1 Å². The number of amides is 1. The van der Waals surface area contributed by atoms with Gasteiger partial charge in [-0.15, -0.1) is 0 Å². The number of carbonyl (C=O) groups excluding carboxylic acids is 4. The highest BCUT2D eigenvalue weighted by molar-refractivity contribution is 6.24. The second kappa shape index (κ2) is 10.8. The summed E-state index contributed by atoms with van der Waals surface area (Å²) in [5.74, 6) is -9.96. The van der Waals surface area contributed by atoms with Gasteiger partial charge in [-0.2, -0.15) is 0 Å². The summed E-state index contributed by atoms with van der Waals surface area (Å²) in [6, 6.07) is 0.329. The van der Waals surface area contributed by atoms with Crippen molar-refractivity contribution in [2.45, 2.75) is 76.7 Å². The molecule has 3 aliphatic carbocycles. The summed E-state index contributed by atoms with van der Waals surface area (Å²) in [7, 11) is 4.43. The van der Waals surface area contributed by atoms with Gasteiger partial charge < -0.3 is 35.6 Å². The Balaban J connectivity index is 2.18. The van der Waals surface area contributed by atoms with Gasteiger partial charge in [0, 0.05) is 30.6 Å². The summed E-state index contributed by atoms with van der Waals surface area (Å²) in [6.07, 6.45) is -1.55. The molecule has 3 aliphatic rings. The summed E-state index contributed by atoms with van der Waals surface area (Å²) in [5.41, 5.74) is 1.91. The van der Waals surface area contributed by atoms with E-state index in [0.29, 0.717) is 16.7 Å². The predicted octanol–water partition coefficient (Wildman–Crippen LogP) is 1.90. The van der Waals surface area contributed by atoms with Crippen LogP contribution in [-0.2, 0) is 40.7 Å². The fourth-order valence-electron chi connectivity index (χ4n) is 7.06. The average molecular weight is 601 g/mol. The maximum Gasteiger partial charge on any atom is 0.305 e. The van der Waals surface area contributed by atoms with Crippen molar-refractivity contribution in [3.8, 4) is 5.75 Å². The van der Waals surface area contributed by atoms with Crippen molar-refractivity contribution >= 4 is 29.2 Å². The van der Waals surface area contributed by atoms with Crippen molar-refractivity contribution in [2.75, 3.05) is 21.2 Å². The van der Waals surface area contributed by atoms with E-state index in [1.165, 1.54) is 33.0 Å². The fourth-order valence-corrected chi connectivity index (χ4v) is 7.06. The molecule has 0 bridgehead atoms. The van der Waals surface area contributed by atoms with E-state index in [2.05, 4.69) is 0 Å². The average Bonchev–Trinajstić information content (AvgIpc) is 2.90. The third-order valence-electron chi connectivity index (χ3n) is 8.95. The first-order valence-electron chi connectivity index (χ1n) is 14.1. The molecule has 1 fully saturated rings. The lowest BCUT2D eigenvalue weighted by molar-refractivity contribution is -0.185. The normalized spacial score (nSPS) is 28.9. The third kappa shape index (κ3) is 4.54. The number of ether oxygens (including phenoxy) is 2. The van der Waals surface area contributed by atoms with Crippen molar-refractivity contribution in [1.82, 2.24) is 4.90 Å². The Morgan fingerprint density at radius 2 is 1.74 bits per heavy atom. The summed E-state index contributed by atoms with van der Waals surface area (Å²) < 4.78 is 11.3. The van der Waals surface area contributed by atoms with Crippen LogP contribution in [0.5, 0.6) is 5.75 Å². The van der Waals surface area contributed by atoms with Crippen molar-refractivity contribution < 1.29 is 49.1 Å². The number of phenols is 1. The molecule has 0 aliphatic heterocycles. The minimum Gasteiger partial charge on any atom is -0.508 e. The molecule has 0 aromatic heterocycles. The summed E-state index contributed by atoms with van der Waals surface area (Å²) in [6.45, 7) is 8.91. The quantitative estimate of drug-likeness (QED) is 0.236. The number of hydrogen-bond donors (Lipinski definition) is 5. The zero-order chi connectivity index (χ0) is 32.5. The van der Waals surface area contributed by atoms with E-state index in [0.717, 1.165) is 0 Å². The minimum absolute atomic E-state index is 0.0520. The lowest BCUT2D eigenvalue weighted by Gasteiger charge is -2.54. The van der Waals surface area contributed by atoms with E-state index >= 15 is 0 Å². The molecule has 6 atom stereocenters. The highest BCUT2D eigenvalue weighted by Gasteiger charge is 2.69. The molecule has 1 saturated carbocycles. The number of benzene rings is 1. The molecule has 6 unspecified atom stereocenters. The van der Waals surface area contributed by atoms with Gasteiger partial charge in [0.2, 0.25) is 5.78 Å². The molecule has 1 aromatic rings. The Morgan fingerprint density at radius 3 is 2.23 bits per heavy atom. The largest absolute Gasteiger partial charge is 0.508 e. The van der Waals surface area contributed by atoms with Crippen molar-refractivity contribution in [2.24, 2.45) is 17.6 Å². The number of hydrogen-bond acceptors (Lipinski definition) is 11. The molecule has 0 spiro atoms. The number of aliphatic hydroxyl groups is 3. The van der Waals surface area contributed by atoms with Crippen LogP contribution in [-0.4, -0.2) is 87.7 Å². The van der Waals surface area contributed by atoms with Crippen LogP contribution in [0.15, 0.2) is 23.0 Å². The van der Waals surface area contributed by atoms with E-state index in [9.17, 15) is 39.6 Å². The molecule has 0 saturated heterocycles. The first-order chi connectivity index (χ1) is 19.9. The van der Waals surface area contributed by atoms with Crippen LogP contribution in [0.25, 0.3) is 5.76 Å². The van der Waals surface area contributed by atoms with Crippen LogP contribution in [0.3, 0.4) is 0 Å². The number of fused-ring (bicyclic) bond motifs is 3. The van der Waals surface area contributed by atoms with Gasteiger partial charge in [-0.05, 0) is 42.6 Å². The Kier molecular flexibility index (Phi) is 8.05. The van der Waals surface area contributed by atoms with Crippen molar-refractivity contribution in [3.63, 3.8) is 0 Å². The second-order valence-electron chi connectivity index (χ2n) is 12.8. The van der Waals surface area contributed by atoms with Gasteiger partial charge in [0.15, 0.2) is 11.4 Å². The molecule has 6 N–H and O–H groups in total. The van der Waals surface area contributed by atoms with Gasteiger partial charge in [0.25, 0.3) is 5.91 Å². The molecule has 4 rings (SSSR count). The van der Waals surface area contributed by atoms with Crippen LogP contribution in [0.1, 0.15) is 69.2 Å². The number of nitrogens with zero attached hydrogens (tertiary/aromatic N) is 1. The number of phenolic OH excluding ortho intramolecular Hbond substituents is 1. The summed E-state index contributed by atoms with van der Waals surface area (Å²) in [4.78, 5) is 54.6. The number of aliphatic hydroxyl groups excluding tert-OH is 2. The third-order valence-corrected chi connectivity index (χ3v) is 8.95. The highest BCUT2D eigenvalue weighted by atomic mass is 16.5. The Bertz CT molecular complexity index is 1480. The van der Waals surface area contributed by atoms with Crippen LogP contribution in [0.4, 0.5) is 0 Å². The van der Waals surface area contributed by atoms with Crippen molar-refractivity contribution in [3.05, 3.63) is 45.2 Å². The lowest BCUT2D eigenvalue weighted by Crippen LogP contribution is -2.71. The molecular weight excluding hydrogens is 560 g/mol.